The first-order valence-electron chi connectivity index (χ1n) is 10.2. The molecule has 0 aliphatic carbocycles. The zero-order valence-corrected chi connectivity index (χ0v) is 18.4. The fraction of sp³-hybridized carbons (Fsp3) is 0.231. The molecule has 0 aliphatic heterocycles. The van der Waals surface area contributed by atoms with Gasteiger partial charge in [0.2, 0.25) is 0 Å². The van der Waals surface area contributed by atoms with E-state index >= 15 is 0 Å². The Hall–Kier alpha value is -3.82. The highest BCUT2D eigenvalue weighted by atomic mass is 16.7. The van der Waals surface area contributed by atoms with Gasteiger partial charge in [-0.25, -0.2) is 4.79 Å². The molecule has 6 heteroatoms. The van der Waals surface area contributed by atoms with Crippen molar-refractivity contribution in [3.05, 3.63) is 77.4 Å². The third-order valence-corrected chi connectivity index (χ3v) is 4.94. The van der Waals surface area contributed by atoms with E-state index in [1.54, 1.807) is 20.1 Å². The lowest BCUT2D eigenvalue weighted by atomic mass is 9.91. The van der Waals surface area contributed by atoms with Crippen LogP contribution in [0, 0.1) is 11.3 Å². The second-order valence-corrected chi connectivity index (χ2v) is 6.92. The number of carbonyl (C=O) groups excluding carboxylic acids is 1. The Morgan fingerprint density at radius 2 is 1.88 bits per heavy atom. The molecule has 0 N–H and O–H groups in total. The predicted molar refractivity (Wildman–Crippen MR) is 122 cm³/mol. The number of allylic oxidation sites excluding steroid dienone is 1. The monoisotopic (exact) mass is 431 g/mol. The van der Waals surface area contributed by atoms with Crippen molar-refractivity contribution in [3.63, 3.8) is 0 Å². The number of rotatable bonds is 9. The summed E-state index contributed by atoms with van der Waals surface area (Å²) in [5, 5.41) is 10.9. The summed E-state index contributed by atoms with van der Waals surface area (Å²) in [6.07, 6.45) is 1.84. The Kier molecular flexibility index (Phi) is 7.85. The van der Waals surface area contributed by atoms with Crippen molar-refractivity contribution < 1.29 is 23.7 Å². The number of esters is 1. The number of benzene rings is 3. The van der Waals surface area contributed by atoms with Crippen LogP contribution in [-0.2, 0) is 20.7 Å². The number of hydrogen-bond acceptors (Lipinski definition) is 6. The fourth-order valence-corrected chi connectivity index (χ4v) is 3.61. The minimum atomic E-state index is -0.573. The Labute approximate surface area is 187 Å². The molecule has 0 atom stereocenters. The van der Waals surface area contributed by atoms with Gasteiger partial charge in [0.15, 0.2) is 18.3 Å². The van der Waals surface area contributed by atoms with Gasteiger partial charge in [-0.3, -0.25) is 0 Å². The standard InChI is InChI=1S/C26H25NO5/c1-4-31-26(28)21(13-14-27)22-16-23(30-3)25(32-17-29-2)24-19(11-8-12-20(22)24)15-18-9-6-5-7-10-18/h5-13,16H,4,15,17H2,1-3H3/b21-13-. The van der Waals surface area contributed by atoms with E-state index in [0.717, 1.165) is 21.9 Å². The zero-order valence-electron chi connectivity index (χ0n) is 18.4. The molecule has 3 rings (SSSR count). The minimum absolute atomic E-state index is 0.0310. The summed E-state index contributed by atoms with van der Waals surface area (Å²) < 4.78 is 21.9. The van der Waals surface area contributed by atoms with Gasteiger partial charge in [-0.2, -0.15) is 5.26 Å². The van der Waals surface area contributed by atoms with Gasteiger partial charge in [-0.05, 0) is 35.9 Å². The van der Waals surface area contributed by atoms with Crippen LogP contribution in [0.25, 0.3) is 16.3 Å². The number of nitriles is 1. The molecular weight excluding hydrogens is 406 g/mol. The Balaban J connectivity index is 2.33. The molecule has 0 unspecified atom stereocenters. The van der Waals surface area contributed by atoms with Crippen molar-refractivity contribution in [1.82, 2.24) is 0 Å². The third kappa shape index (κ3) is 4.90. The highest BCUT2D eigenvalue weighted by Crippen LogP contribution is 2.43. The summed E-state index contributed by atoms with van der Waals surface area (Å²) in [6.45, 7) is 1.95. The molecule has 3 aromatic rings. The van der Waals surface area contributed by atoms with Gasteiger partial charge in [-0.1, -0.05) is 48.5 Å². The molecule has 0 fully saturated rings. The molecule has 0 aliphatic rings. The third-order valence-electron chi connectivity index (χ3n) is 4.94. The summed E-state index contributed by atoms with van der Waals surface area (Å²) in [4.78, 5) is 12.7. The average molecular weight is 431 g/mol. The summed E-state index contributed by atoms with van der Waals surface area (Å²) >= 11 is 0. The van der Waals surface area contributed by atoms with Gasteiger partial charge in [0, 0.05) is 24.1 Å². The van der Waals surface area contributed by atoms with Gasteiger partial charge < -0.3 is 18.9 Å². The van der Waals surface area contributed by atoms with Crippen LogP contribution in [0.1, 0.15) is 23.6 Å². The second kappa shape index (κ2) is 11.0. The van der Waals surface area contributed by atoms with Gasteiger partial charge in [-0.15, -0.1) is 0 Å². The van der Waals surface area contributed by atoms with E-state index in [9.17, 15) is 10.1 Å². The van der Waals surface area contributed by atoms with E-state index in [2.05, 4.69) is 12.1 Å². The van der Waals surface area contributed by atoms with E-state index in [4.69, 9.17) is 18.9 Å². The number of ether oxygens (including phenoxy) is 4. The van der Waals surface area contributed by atoms with Crippen LogP contribution < -0.4 is 9.47 Å². The van der Waals surface area contributed by atoms with E-state index in [0.29, 0.717) is 23.5 Å². The number of methoxy groups -OCH3 is 2. The van der Waals surface area contributed by atoms with Crippen molar-refractivity contribution in [3.8, 4) is 17.6 Å². The summed E-state index contributed by atoms with van der Waals surface area (Å²) in [5.41, 5.74) is 2.81. The van der Waals surface area contributed by atoms with Crippen molar-refractivity contribution in [1.29, 1.82) is 5.26 Å². The Morgan fingerprint density at radius 1 is 1.09 bits per heavy atom. The van der Waals surface area contributed by atoms with Crippen molar-refractivity contribution >= 4 is 22.3 Å². The van der Waals surface area contributed by atoms with E-state index < -0.39 is 5.97 Å². The van der Waals surface area contributed by atoms with Gasteiger partial charge >= 0.3 is 5.97 Å². The molecule has 0 aromatic heterocycles. The van der Waals surface area contributed by atoms with Crippen LogP contribution in [0.3, 0.4) is 0 Å². The van der Waals surface area contributed by atoms with Crippen LogP contribution in [0.15, 0.2) is 60.7 Å². The first-order valence-corrected chi connectivity index (χ1v) is 10.2. The molecule has 0 saturated carbocycles. The van der Waals surface area contributed by atoms with Gasteiger partial charge in [0.25, 0.3) is 0 Å². The summed E-state index contributed by atoms with van der Waals surface area (Å²) in [6, 6.07) is 19.5. The van der Waals surface area contributed by atoms with E-state index in [1.165, 1.54) is 13.2 Å². The smallest absolute Gasteiger partial charge is 0.339 e. The van der Waals surface area contributed by atoms with E-state index in [-0.39, 0.29) is 19.0 Å². The number of carbonyl (C=O) groups is 1. The predicted octanol–water partition coefficient (Wildman–Crippen LogP) is 4.89. The maximum Gasteiger partial charge on any atom is 0.339 e. The Bertz CT molecular complexity index is 1160. The summed E-state index contributed by atoms with van der Waals surface area (Å²) in [5.74, 6) is 0.370. The Morgan fingerprint density at radius 3 is 2.53 bits per heavy atom. The number of fused-ring (bicyclic) bond motifs is 1. The van der Waals surface area contributed by atoms with Crippen LogP contribution in [0.2, 0.25) is 0 Å². The van der Waals surface area contributed by atoms with Gasteiger partial charge in [0.1, 0.15) is 0 Å². The van der Waals surface area contributed by atoms with Crippen LogP contribution in [0.4, 0.5) is 0 Å². The first kappa shape index (κ1) is 22.9. The molecule has 0 heterocycles. The van der Waals surface area contributed by atoms with Crippen LogP contribution in [-0.4, -0.2) is 33.6 Å². The molecule has 0 saturated heterocycles. The maximum atomic E-state index is 12.7. The largest absolute Gasteiger partial charge is 0.493 e. The van der Waals surface area contributed by atoms with Crippen molar-refractivity contribution in [2.45, 2.75) is 13.3 Å². The molecule has 6 nitrogen and oxygen atoms in total. The average Bonchev–Trinajstić information content (AvgIpc) is 2.81. The normalized spacial score (nSPS) is 11.1. The molecule has 32 heavy (non-hydrogen) atoms. The first-order chi connectivity index (χ1) is 15.6. The minimum Gasteiger partial charge on any atom is -0.493 e. The SMILES string of the molecule is CCOC(=O)/C(=C\C#N)c1cc(OC)c(OCOC)c2c(Cc3ccccc3)cccc12. The summed E-state index contributed by atoms with van der Waals surface area (Å²) in [7, 11) is 3.07. The highest BCUT2D eigenvalue weighted by Gasteiger charge is 2.23. The molecule has 164 valence electrons. The number of nitrogens with zero attached hydrogens (tertiary/aromatic N) is 1. The molecule has 0 spiro atoms. The van der Waals surface area contributed by atoms with Gasteiger partial charge in [0.05, 0.1) is 25.4 Å². The lowest BCUT2D eigenvalue weighted by Crippen LogP contribution is -2.09. The quantitative estimate of drug-likeness (QED) is 0.208. The molecule has 0 amide bonds. The highest BCUT2D eigenvalue weighted by molar-refractivity contribution is 6.21. The second-order valence-electron chi connectivity index (χ2n) is 6.92. The zero-order chi connectivity index (χ0) is 22.9. The van der Waals surface area contributed by atoms with Crippen molar-refractivity contribution in [2.75, 3.05) is 27.6 Å². The van der Waals surface area contributed by atoms with E-state index in [1.807, 2.05) is 42.5 Å². The van der Waals surface area contributed by atoms with Crippen LogP contribution in [0.5, 0.6) is 11.5 Å². The molecular formula is C26H25NO5. The molecule has 3 aromatic carbocycles. The van der Waals surface area contributed by atoms with Crippen molar-refractivity contribution in [2.24, 2.45) is 0 Å². The fourth-order valence-electron chi connectivity index (χ4n) is 3.61. The topological polar surface area (TPSA) is 77.8 Å². The molecule has 0 bridgehead atoms. The van der Waals surface area contributed by atoms with Crippen LogP contribution >= 0.6 is 0 Å². The molecule has 0 radical (unpaired) electrons. The lowest BCUT2D eigenvalue weighted by molar-refractivity contribution is -0.136. The number of hydrogen-bond donors (Lipinski definition) is 0. The lowest BCUT2D eigenvalue weighted by Gasteiger charge is -2.19. The maximum absolute atomic E-state index is 12.7.